The van der Waals surface area contributed by atoms with Gasteiger partial charge in [0.25, 0.3) is 0 Å². The van der Waals surface area contributed by atoms with Crippen molar-refractivity contribution in [2.45, 2.75) is 80.4 Å². The quantitative estimate of drug-likeness (QED) is 0.153. The molecule has 1 unspecified atom stereocenters. The number of ether oxygens (including phenoxy) is 2. The minimum Gasteiger partial charge on any atom is -0.479 e. The van der Waals surface area contributed by atoms with Crippen LogP contribution in [0.25, 0.3) is 0 Å². The molecule has 1 amide bonds. The number of carboxylic acid groups (broad SMARTS) is 1. The third-order valence-electron chi connectivity index (χ3n) is 5.96. The molecule has 2 aliphatic heterocycles. The lowest BCUT2D eigenvalue weighted by molar-refractivity contribution is -0.287. The summed E-state index contributed by atoms with van der Waals surface area (Å²) in [6.07, 6.45) is -15.1. The van der Waals surface area contributed by atoms with Gasteiger partial charge in [-0.05, 0) is 6.42 Å². The van der Waals surface area contributed by atoms with Crippen LogP contribution in [0.4, 0.5) is 0 Å². The molecule has 0 saturated carbocycles. The molecule has 2 rings (SSSR count). The van der Waals surface area contributed by atoms with E-state index in [4.69, 9.17) is 14.6 Å². The molecular formula is C18H35N2O13+. The number of aliphatic hydroxyl groups is 8. The van der Waals surface area contributed by atoms with E-state index >= 15 is 0 Å². The summed E-state index contributed by atoms with van der Waals surface area (Å²) in [5.74, 6) is -3.72. The van der Waals surface area contributed by atoms with Gasteiger partial charge in [0.1, 0.15) is 30.5 Å². The van der Waals surface area contributed by atoms with Crippen LogP contribution in [-0.4, -0.2) is 132 Å². The highest BCUT2D eigenvalue weighted by Gasteiger charge is 2.57. The van der Waals surface area contributed by atoms with Crippen molar-refractivity contribution < 1.29 is 65.0 Å². The Bertz CT molecular complexity index is 669. The number of hydrogen-bond donors (Lipinski definition) is 11. The summed E-state index contributed by atoms with van der Waals surface area (Å²) in [5.41, 5.74) is -2.36. The van der Waals surface area contributed by atoms with Crippen molar-refractivity contribution in [1.82, 2.24) is 11.5 Å². The van der Waals surface area contributed by atoms with Crippen molar-refractivity contribution in [2.75, 3.05) is 13.2 Å². The summed E-state index contributed by atoms with van der Waals surface area (Å²) in [5, 5.41) is 92.2. The molecule has 0 bridgehead atoms. The van der Waals surface area contributed by atoms with Gasteiger partial charge in [-0.3, -0.25) is 4.79 Å². The maximum Gasteiger partial charge on any atom is 0.336 e. The van der Waals surface area contributed by atoms with Gasteiger partial charge in [-0.25, -0.2) is 4.79 Å². The molecule has 0 aromatic rings. The second-order valence-corrected chi connectivity index (χ2v) is 8.22. The number of carbonyl (C=O) groups is 2. The Hall–Kier alpha value is -1.50. The molecule has 14 N–H and O–H groups in total. The van der Waals surface area contributed by atoms with E-state index in [0.29, 0.717) is 0 Å². The summed E-state index contributed by atoms with van der Waals surface area (Å²) in [4.78, 5) is 23.8. The average molecular weight is 487 g/mol. The first-order valence-electron chi connectivity index (χ1n) is 10.0. The van der Waals surface area contributed by atoms with E-state index in [-0.39, 0.29) is 6.15 Å². The molecule has 0 aliphatic carbocycles. The summed E-state index contributed by atoms with van der Waals surface area (Å²) in [6.45, 7) is -0.589. The number of nitrogens with one attached hydrogen (secondary N) is 1. The Balaban J connectivity index is 0.00000544. The first kappa shape index (κ1) is 29.5. The number of hydrogen-bond acceptors (Lipinski definition) is 12. The standard InChI is InChI=1S/C18H31NO13.H3N/c1-6(22)19-11-8(23)3-18(17(29)30,32-15(11)14(27)9(24)4-20)2-7-12(25)10(5-21)31-16(28)13(7)26;/h7-16,20-21,23-28H,2-5H2,1H3,(H,19,22)(H,29,30);1H3/p+1/t7-,8-,9+,10+,11+,12+,13+,14-,15+,16?,18+;/m0./s1. The monoisotopic (exact) mass is 487 g/mol. The van der Waals surface area contributed by atoms with Crippen LogP contribution in [-0.2, 0) is 19.1 Å². The predicted octanol–water partition coefficient (Wildman–Crippen LogP) is -5.01. The highest BCUT2D eigenvalue weighted by Crippen LogP contribution is 2.40. The van der Waals surface area contributed by atoms with Gasteiger partial charge in [0, 0.05) is 19.3 Å². The smallest absolute Gasteiger partial charge is 0.336 e. The van der Waals surface area contributed by atoms with E-state index in [2.05, 4.69) is 5.32 Å². The maximum absolute atomic E-state index is 12.3. The molecule has 2 aliphatic rings. The lowest BCUT2D eigenvalue weighted by atomic mass is 9.74. The van der Waals surface area contributed by atoms with Crippen molar-refractivity contribution in [1.29, 1.82) is 0 Å². The van der Waals surface area contributed by atoms with Gasteiger partial charge < -0.3 is 66.9 Å². The zero-order chi connectivity index (χ0) is 24.4. The van der Waals surface area contributed by atoms with E-state index in [1.807, 2.05) is 0 Å². The van der Waals surface area contributed by atoms with E-state index in [1.165, 1.54) is 0 Å². The number of carbonyl (C=O) groups excluding carboxylic acids is 1. The van der Waals surface area contributed by atoms with Gasteiger partial charge in [0.15, 0.2) is 11.9 Å². The Labute approximate surface area is 188 Å². The molecule has 0 aromatic carbocycles. The fourth-order valence-corrected chi connectivity index (χ4v) is 4.25. The van der Waals surface area contributed by atoms with Crippen LogP contribution in [0, 0.1) is 5.92 Å². The van der Waals surface area contributed by atoms with Crippen molar-refractivity contribution >= 4 is 11.9 Å². The van der Waals surface area contributed by atoms with E-state index in [9.17, 15) is 50.4 Å². The summed E-state index contributed by atoms with van der Waals surface area (Å²) >= 11 is 0. The first-order valence-corrected chi connectivity index (χ1v) is 10.0. The molecule has 15 heteroatoms. The number of rotatable bonds is 8. The Kier molecular flexibility index (Phi) is 10.5. The van der Waals surface area contributed by atoms with Crippen LogP contribution >= 0.6 is 0 Å². The van der Waals surface area contributed by atoms with E-state index < -0.39 is 105 Å². The van der Waals surface area contributed by atoms with Gasteiger partial charge >= 0.3 is 5.97 Å². The summed E-state index contributed by atoms with van der Waals surface area (Å²) < 4.78 is 10.5. The van der Waals surface area contributed by atoms with Gasteiger partial charge in [-0.15, -0.1) is 0 Å². The number of carboxylic acids is 1. The fourth-order valence-electron chi connectivity index (χ4n) is 4.25. The molecule has 15 nitrogen and oxygen atoms in total. The molecule has 0 spiro atoms. The van der Waals surface area contributed by atoms with Crippen LogP contribution in [0.3, 0.4) is 0 Å². The van der Waals surface area contributed by atoms with Gasteiger partial charge in [-0.1, -0.05) is 0 Å². The third kappa shape index (κ3) is 6.14. The fraction of sp³-hybridized carbons (Fsp3) is 0.889. The second kappa shape index (κ2) is 11.8. The summed E-state index contributed by atoms with van der Waals surface area (Å²) in [6, 6.07) is -1.36. The molecule has 2 fully saturated rings. The Morgan fingerprint density at radius 1 is 1.12 bits per heavy atom. The van der Waals surface area contributed by atoms with Crippen molar-refractivity contribution in [3.8, 4) is 0 Å². The SMILES string of the molecule is CC(=O)N[C@H]1[C@H]([C@@H](O)[C@H](O)CO)O[C@@](C[C@H]2[C@@H](O)[C@@H](CO)OC(O)[C@@H]2O)(C(=O)O)C[C@@H]1O.[NH4+]. The zero-order valence-electron chi connectivity index (χ0n) is 18.3. The third-order valence-corrected chi connectivity index (χ3v) is 5.96. The number of amides is 1. The molecule has 33 heavy (non-hydrogen) atoms. The number of aliphatic carboxylic acids is 1. The second-order valence-electron chi connectivity index (χ2n) is 8.22. The van der Waals surface area contributed by atoms with E-state index in [1.54, 1.807) is 0 Å². The molecular weight excluding hydrogens is 452 g/mol. The molecule has 0 radical (unpaired) electrons. The minimum absolute atomic E-state index is 0. The van der Waals surface area contributed by atoms with Crippen LogP contribution in [0.1, 0.15) is 19.8 Å². The van der Waals surface area contributed by atoms with Crippen LogP contribution < -0.4 is 11.5 Å². The molecule has 194 valence electrons. The largest absolute Gasteiger partial charge is 0.479 e. The Morgan fingerprint density at radius 3 is 2.21 bits per heavy atom. The maximum atomic E-state index is 12.3. The number of quaternary nitrogens is 1. The van der Waals surface area contributed by atoms with Crippen LogP contribution in [0.15, 0.2) is 0 Å². The van der Waals surface area contributed by atoms with Crippen molar-refractivity contribution in [3.05, 3.63) is 0 Å². The molecule has 2 saturated heterocycles. The lowest BCUT2D eigenvalue weighted by Crippen LogP contribution is -2.68. The average Bonchev–Trinajstić information content (AvgIpc) is 2.73. The topological polar surface area (TPSA) is 283 Å². The minimum atomic E-state index is -2.36. The normalized spacial score (nSPS) is 40.9. The van der Waals surface area contributed by atoms with Gasteiger partial charge in [-0.2, -0.15) is 0 Å². The van der Waals surface area contributed by atoms with Crippen LogP contribution in [0.2, 0.25) is 0 Å². The highest BCUT2D eigenvalue weighted by molar-refractivity contribution is 5.78. The molecule has 11 atom stereocenters. The zero-order valence-corrected chi connectivity index (χ0v) is 18.3. The highest BCUT2D eigenvalue weighted by atomic mass is 16.6. The van der Waals surface area contributed by atoms with E-state index in [0.717, 1.165) is 6.92 Å². The van der Waals surface area contributed by atoms with Crippen molar-refractivity contribution in [2.24, 2.45) is 5.92 Å². The lowest BCUT2D eigenvalue weighted by Gasteiger charge is -2.50. The molecule has 0 aromatic heterocycles. The van der Waals surface area contributed by atoms with Gasteiger partial charge in [0.2, 0.25) is 5.91 Å². The van der Waals surface area contributed by atoms with Crippen molar-refractivity contribution in [3.63, 3.8) is 0 Å². The molecule has 2 heterocycles. The van der Waals surface area contributed by atoms with Crippen LogP contribution in [0.5, 0.6) is 0 Å². The summed E-state index contributed by atoms with van der Waals surface area (Å²) in [7, 11) is 0. The van der Waals surface area contributed by atoms with Gasteiger partial charge in [0.05, 0.1) is 31.5 Å². The first-order chi connectivity index (χ1) is 14.9. The number of aliphatic hydroxyl groups excluding tert-OH is 8. The Morgan fingerprint density at radius 2 is 1.73 bits per heavy atom. The predicted molar refractivity (Wildman–Crippen MR) is 107 cm³/mol.